The van der Waals surface area contributed by atoms with E-state index < -0.39 is 0 Å². The summed E-state index contributed by atoms with van der Waals surface area (Å²) in [5, 5.41) is 0. The predicted octanol–water partition coefficient (Wildman–Crippen LogP) is 2.76. The van der Waals surface area contributed by atoms with Gasteiger partial charge < -0.3 is 4.74 Å². The van der Waals surface area contributed by atoms with Crippen LogP contribution in [0.15, 0.2) is 12.2 Å². The molecule has 1 saturated heterocycles. The summed E-state index contributed by atoms with van der Waals surface area (Å²) in [6.45, 7) is 10.1. The second kappa shape index (κ2) is 7.49. The van der Waals surface area contributed by atoms with Crippen LogP contribution in [0.4, 0.5) is 0 Å². The van der Waals surface area contributed by atoms with Crippen molar-refractivity contribution in [2.24, 2.45) is 0 Å². The number of esters is 1. The van der Waals surface area contributed by atoms with E-state index in [1.54, 1.807) is 0 Å². The SMILES string of the molecule is C=C(CN1CCCCC1CCC)C(=O)OCC. The van der Waals surface area contributed by atoms with Crippen LogP contribution in [-0.2, 0) is 9.53 Å². The van der Waals surface area contributed by atoms with Crippen molar-refractivity contribution in [3.05, 3.63) is 12.2 Å². The summed E-state index contributed by atoms with van der Waals surface area (Å²) >= 11 is 0. The number of rotatable bonds is 6. The van der Waals surface area contributed by atoms with Crippen LogP contribution in [0.5, 0.6) is 0 Å². The van der Waals surface area contributed by atoms with E-state index in [9.17, 15) is 4.79 Å². The quantitative estimate of drug-likeness (QED) is 0.527. The van der Waals surface area contributed by atoms with E-state index in [1.165, 1.54) is 32.1 Å². The maximum absolute atomic E-state index is 11.5. The van der Waals surface area contributed by atoms with Crippen LogP contribution in [0, 0.1) is 0 Å². The minimum absolute atomic E-state index is 0.242. The number of piperidine rings is 1. The van der Waals surface area contributed by atoms with Gasteiger partial charge in [-0.05, 0) is 32.7 Å². The molecule has 3 nitrogen and oxygen atoms in total. The molecule has 1 fully saturated rings. The van der Waals surface area contributed by atoms with Crippen molar-refractivity contribution in [2.75, 3.05) is 19.7 Å². The van der Waals surface area contributed by atoms with Crippen molar-refractivity contribution < 1.29 is 9.53 Å². The molecule has 0 N–H and O–H groups in total. The van der Waals surface area contributed by atoms with Gasteiger partial charge in [0.15, 0.2) is 0 Å². The summed E-state index contributed by atoms with van der Waals surface area (Å²) in [4.78, 5) is 13.9. The molecule has 0 bridgehead atoms. The van der Waals surface area contributed by atoms with Gasteiger partial charge in [0.05, 0.1) is 6.61 Å². The molecule has 1 rings (SSSR count). The van der Waals surface area contributed by atoms with Crippen LogP contribution in [0.3, 0.4) is 0 Å². The van der Waals surface area contributed by atoms with Crippen LogP contribution in [0.25, 0.3) is 0 Å². The monoisotopic (exact) mass is 239 g/mol. The van der Waals surface area contributed by atoms with Gasteiger partial charge in [-0.25, -0.2) is 4.79 Å². The molecule has 0 aromatic carbocycles. The fourth-order valence-electron chi connectivity index (χ4n) is 2.47. The molecule has 0 aliphatic carbocycles. The van der Waals surface area contributed by atoms with Crippen molar-refractivity contribution in [1.29, 1.82) is 0 Å². The Labute approximate surface area is 105 Å². The van der Waals surface area contributed by atoms with E-state index in [1.807, 2.05) is 6.92 Å². The third-order valence-electron chi connectivity index (χ3n) is 3.33. The summed E-state index contributed by atoms with van der Waals surface area (Å²) in [5.74, 6) is -0.242. The Bertz CT molecular complexity index is 261. The third kappa shape index (κ3) is 4.50. The molecular weight excluding hydrogens is 214 g/mol. The zero-order valence-electron chi connectivity index (χ0n) is 11.2. The number of carbonyl (C=O) groups is 1. The van der Waals surface area contributed by atoms with Gasteiger partial charge in [0.25, 0.3) is 0 Å². The number of nitrogens with zero attached hydrogens (tertiary/aromatic N) is 1. The highest BCUT2D eigenvalue weighted by Gasteiger charge is 2.23. The Morgan fingerprint density at radius 1 is 1.41 bits per heavy atom. The summed E-state index contributed by atoms with van der Waals surface area (Å²) in [6, 6.07) is 0.625. The summed E-state index contributed by atoms with van der Waals surface area (Å²) in [7, 11) is 0. The Morgan fingerprint density at radius 3 is 2.82 bits per heavy atom. The van der Waals surface area contributed by atoms with Gasteiger partial charge in [-0.1, -0.05) is 26.3 Å². The van der Waals surface area contributed by atoms with Crippen molar-refractivity contribution in [1.82, 2.24) is 4.90 Å². The molecule has 1 heterocycles. The maximum atomic E-state index is 11.5. The number of hydrogen-bond donors (Lipinski definition) is 0. The molecular formula is C14H25NO2. The van der Waals surface area contributed by atoms with E-state index in [4.69, 9.17) is 4.74 Å². The van der Waals surface area contributed by atoms with Crippen LogP contribution >= 0.6 is 0 Å². The standard InChI is InChI=1S/C14H25NO2/c1-4-8-13-9-6-7-10-15(13)11-12(3)14(16)17-5-2/h13H,3-11H2,1-2H3. The van der Waals surface area contributed by atoms with Crippen molar-refractivity contribution in [3.8, 4) is 0 Å². The molecule has 1 aliphatic rings. The Kier molecular flexibility index (Phi) is 6.27. The molecule has 1 atom stereocenters. The van der Waals surface area contributed by atoms with Gasteiger partial charge in [0.2, 0.25) is 0 Å². The second-order valence-electron chi connectivity index (χ2n) is 4.73. The van der Waals surface area contributed by atoms with E-state index >= 15 is 0 Å². The first kappa shape index (κ1) is 14.2. The largest absolute Gasteiger partial charge is 0.463 e. The number of ether oxygens (including phenoxy) is 1. The van der Waals surface area contributed by atoms with E-state index in [0.717, 1.165) is 6.54 Å². The maximum Gasteiger partial charge on any atom is 0.334 e. The van der Waals surface area contributed by atoms with Gasteiger partial charge in [0.1, 0.15) is 0 Å². The predicted molar refractivity (Wildman–Crippen MR) is 69.9 cm³/mol. The molecule has 1 aliphatic heterocycles. The second-order valence-corrected chi connectivity index (χ2v) is 4.73. The molecule has 0 radical (unpaired) electrons. The van der Waals surface area contributed by atoms with Gasteiger partial charge in [-0.3, -0.25) is 4.90 Å². The first-order valence-electron chi connectivity index (χ1n) is 6.78. The van der Waals surface area contributed by atoms with Crippen molar-refractivity contribution in [3.63, 3.8) is 0 Å². The van der Waals surface area contributed by atoms with Crippen LogP contribution in [0.1, 0.15) is 46.0 Å². The number of likely N-dealkylation sites (tertiary alicyclic amines) is 1. The van der Waals surface area contributed by atoms with E-state index in [-0.39, 0.29) is 5.97 Å². The molecule has 0 saturated carbocycles. The van der Waals surface area contributed by atoms with Gasteiger partial charge in [0, 0.05) is 18.2 Å². The average molecular weight is 239 g/mol. The van der Waals surface area contributed by atoms with Crippen LogP contribution < -0.4 is 0 Å². The Balaban J connectivity index is 2.46. The highest BCUT2D eigenvalue weighted by Crippen LogP contribution is 2.21. The van der Waals surface area contributed by atoms with Gasteiger partial charge in [-0.15, -0.1) is 0 Å². The lowest BCUT2D eigenvalue weighted by atomic mass is 9.97. The molecule has 98 valence electrons. The summed E-state index contributed by atoms with van der Waals surface area (Å²) in [5.41, 5.74) is 0.592. The third-order valence-corrected chi connectivity index (χ3v) is 3.33. The molecule has 1 unspecified atom stereocenters. The molecule has 3 heteroatoms. The molecule has 0 aromatic rings. The number of carbonyl (C=O) groups excluding carboxylic acids is 1. The zero-order valence-corrected chi connectivity index (χ0v) is 11.2. The lowest BCUT2D eigenvalue weighted by Gasteiger charge is -2.35. The fraction of sp³-hybridized carbons (Fsp3) is 0.786. The molecule has 0 spiro atoms. The molecule has 17 heavy (non-hydrogen) atoms. The molecule has 0 aromatic heterocycles. The zero-order chi connectivity index (χ0) is 12.7. The van der Waals surface area contributed by atoms with E-state index in [2.05, 4.69) is 18.4 Å². The smallest absolute Gasteiger partial charge is 0.334 e. The van der Waals surface area contributed by atoms with E-state index in [0.29, 0.717) is 24.8 Å². The summed E-state index contributed by atoms with van der Waals surface area (Å²) < 4.78 is 4.98. The summed E-state index contributed by atoms with van der Waals surface area (Å²) in [6.07, 6.45) is 6.22. The lowest BCUT2D eigenvalue weighted by molar-refractivity contribution is -0.138. The minimum atomic E-state index is -0.242. The van der Waals surface area contributed by atoms with Crippen molar-refractivity contribution >= 4 is 5.97 Å². The van der Waals surface area contributed by atoms with Crippen molar-refractivity contribution in [2.45, 2.75) is 52.0 Å². The highest BCUT2D eigenvalue weighted by atomic mass is 16.5. The first-order valence-corrected chi connectivity index (χ1v) is 6.78. The highest BCUT2D eigenvalue weighted by molar-refractivity contribution is 5.88. The fourth-order valence-corrected chi connectivity index (χ4v) is 2.47. The van der Waals surface area contributed by atoms with Crippen LogP contribution in [-0.4, -0.2) is 36.6 Å². The van der Waals surface area contributed by atoms with Gasteiger partial charge >= 0.3 is 5.97 Å². The Hall–Kier alpha value is -0.830. The average Bonchev–Trinajstić information content (AvgIpc) is 2.32. The topological polar surface area (TPSA) is 29.5 Å². The van der Waals surface area contributed by atoms with Gasteiger partial charge in [-0.2, -0.15) is 0 Å². The normalized spacial score (nSPS) is 21.2. The molecule has 0 amide bonds. The minimum Gasteiger partial charge on any atom is -0.463 e. The Morgan fingerprint density at radius 2 is 2.18 bits per heavy atom. The number of hydrogen-bond acceptors (Lipinski definition) is 3. The van der Waals surface area contributed by atoms with Crippen LogP contribution in [0.2, 0.25) is 0 Å². The first-order chi connectivity index (χ1) is 8.19. The lowest BCUT2D eigenvalue weighted by Crippen LogP contribution is -2.41.